The number of carbonyl (C=O) groups excluding carboxylic acids is 1. The van der Waals surface area contributed by atoms with E-state index < -0.39 is 0 Å². The zero-order valence-electron chi connectivity index (χ0n) is 11.0. The van der Waals surface area contributed by atoms with Crippen molar-refractivity contribution in [3.63, 3.8) is 0 Å². The summed E-state index contributed by atoms with van der Waals surface area (Å²) in [7, 11) is 0. The summed E-state index contributed by atoms with van der Waals surface area (Å²) in [4.78, 5) is 12.0. The van der Waals surface area contributed by atoms with Crippen LogP contribution in [0.1, 0.15) is 36.0 Å². The Morgan fingerprint density at radius 3 is 2.79 bits per heavy atom. The molecule has 0 saturated carbocycles. The van der Waals surface area contributed by atoms with Crippen LogP contribution in [0.4, 0.5) is 0 Å². The van der Waals surface area contributed by atoms with Gasteiger partial charge in [-0.3, -0.25) is 4.79 Å². The van der Waals surface area contributed by atoms with E-state index in [1.807, 2.05) is 30.0 Å². The molecule has 0 saturated heterocycles. The first-order valence-corrected chi connectivity index (χ1v) is 9.64. The first-order valence-electron chi connectivity index (χ1n) is 6.37. The highest BCUT2D eigenvalue weighted by Gasteiger charge is 2.09. The second kappa shape index (κ2) is 10.0. The molecule has 0 radical (unpaired) electrons. The van der Waals surface area contributed by atoms with E-state index in [9.17, 15) is 4.79 Å². The maximum atomic E-state index is 12.0. The summed E-state index contributed by atoms with van der Waals surface area (Å²) >= 11 is 7.48. The van der Waals surface area contributed by atoms with Gasteiger partial charge >= 0.3 is 0 Å². The summed E-state index contributed by atoms with van der Waals surface area (Å²) in [6, 6.07) is 5.77. The van der Waals surface area contributed by atoms with Crippen molar-refractivity contribution in [3.8, 4) is 0 Å². The Bertz CT molecular complexity index is 414. The Balaban J connectivity index is 2.26. The molecule has 5 heteroatoms. The van der Waals surface area contributed by atoms with Crippen molar-refractivity contribution in [1.29, 1.82) is 0 Å². The number of hydrogen-bond acceptors (Lipinski definition) is 2. The monoisotopic (exact) mass is 455 g/mol. The zero-order chi connectivity index (χ0) is 14.1. The van der Waals surface area contributed by atoms with Gasteiger partial charge in [-0.2, -0.15) is 11.8 Å². The molecular formula is C14H19BrINOS. The van der Waals surface area contributed by atoms with Gasteiger partial charge in [0.25, 0.3) is 5.91 Å². The van der Waals surface area contributed by atoms with Gasteiger partial charge in [0.2, 0.25) is 0 Å². The van der Waals surface area contributed by atoms with Crippen molar-refractivity contribution in [2.75, 3.05) is 18.6 Å². The Morgan fingerprint density at radius 1 is 1.32 bits per heavy atom. The first kappa shape index (κ1) is 17.3. The van der Waals surface area contributed by atoms with Crippen molar-refractivity contribution in [2.45, 2.75) is 25.7 Å². The van der Waals surface area contributed by atoms with Gasteiger partial charge in [0.15, 0.2) is 0 Å². The van der Waals surface area contributed by atoms with Crippen molar-refractivity contribution in [1.82, 2.24) is 5.32 Å². The van der Waals surface area contributed by atoms with Gasteiger partial charge in [0.05, 0.1) is 5.56 Å². The molecule has 0 aliphatic heterocycles. The number of thioether (sulfide) groups is 1. The summed E-state index contributed by atoms with van der Waals surface area (Å²) in [6.45, 7) is 0.765. The smallest absolute Gasteiger partial charge is 0.252 e. The maximum Gasteiger partial charge on any atom is 0.252 e. The van der Waals surface area contributed by atoms with Gasteiger partial charge in [0, 0.05) is 14.6 Å². The molecular weight excluding hydrogens is 437 g/mol. The van der Waals surface area contributed by atoms with Gasteiger partial charge < -0.3 is 5.32 Å². The molecule has 0 fully saturated rings. The third-order valence-electron chi connectivity index (χ3n) is 2.73. The van der Waals surface area contributed by atoms with Gasteiger partial charge in [0.1, 0.15) is 0 Å². The third-order valence-corrected chi connectivity index (χ3v) is 4.86. The highest BCUT2D eigenvalue weighted by atomic mass is 127. The normalized spacial score (nSPS) is 10.5. The van der Waals surface area contributed by atoms with Crippen LogP contribution >= 0.6 is 50.3 Å². The van der Waals surface area contributed by atoms with E-state index in [4.69, 9.17) is 0 Å². The lowest BCUT2D eigenvalue weighted by Crippen LogP contribution is -2.25. The minimum Gasteiger partial charge on any atom is -0.352 e. The number of nitrogens with one attached hydrogen (secondary N) is 1. The summed E-state index contributed by atoms with van der Waals surface area (Å²) in [5.41, 5.74) is 0.748. The second-order valence-corrected chi connectivity index (χ2v) is 7.35. The van der Waals surface area contributed by atoms with E-state index in [1.165, 1.54) is 25.0 Å². The molecule has 1 amide bonds. The first-order chi connectivity index (χ1) is 9.15. The number of rotatable bonds is 8. The molecule has 0 aromatic heterocycles. The average Bonchev–Trinajstić information content (AvgIpc) is 2.40. The summed E-state index contributed by atoms with van der Waals surface area (Å²) in [5, 5.41) is 2.99. The highest BCUT2D eigenvalue weighted by molar-refractivity contribution is 14.1. The number of carbonyl (C=O) groups is 1. The molecule has 1 aromatic rings. The number of unbranched alkanes of at least 4 members (excludes halogenated alkanes) is 3. The van der Waals surface area contributed by atoms with E-state index >= 15 is 0 Å². The number of halogens is 2. The van der Waals surface area contributed by atoms with Gasteiger partial charge in [-0.05, 0) is 65.6 Å². The summed E-state index contributed by atoms with van der Waals surface area (Å²) in [5.74, 6) is 1.26. The summed E-state index contributed by atoms with van der Waals surface area (Å²) in [6.07, 6.45) is 6.92. The van der Waals surface area contributed by atoms with E-state index in [1.54, 1.807) is 0 Å². The van der Waals surface area contributed by atoms with Crippen LogP contribution in [0.15, 0.2) is 22.7 Å². The predicted octanol–water partition coefficient (Wildman–Crippen LogP) is 4.71. The second-order valence-electron chi connectivity index (χ2n) is 4.29. The molecule has 19 heavy (non-hydrogen) atoms. The topological polar surface area (TPSA) is 29.1 Å². The third kappa shape index (κ3) is 6.99. The van der Waals surface area contributed by atoms with Gasteiger partial charge in [-0.25, -0.2) is 0 Å². The Morgan fingerprint density at radius 2 is 2.05 bits per heavy atom. The van der Waals surface area contributed by atoms with Crippen LogP contribution < -0.4 is 5.32 Å². The van der Waals surface area contributed by atoms with Crippen molar-refractivity contribution in [3.05, 3.63) is 31.8 Å². The van der Waals surface area contributed by atoms with Crippen molar-refractivity contribution in [2.24, 2.45) is 0 Å². The number of hydrogen-bond donors (Lipinski definition) is 1. The van der Waals surface area contributed by atoms with Gasteiger partial charge in [-0.1, -0.05) is 28.8 Å². The molecule has 1 aromatic carbocycles. The van der Waals surface area contributed by atoms with Crippen LogP contribution in [0, 0.1) is 3.57 Å². The molecule has 1 N–H and O–H groups in total. The minimum atomic E-state index is 0.0230. The Kier molecular flexibility index (Phi) is 9.15. The van der Waals surface area contributed by atoms with E-state index in [-0.39, 0.29) is 5.91 Å². The van der Waals surface area contributed by atoms with Crippen LogP contribution in [0.5, 0.6) is 0 Å². The van der Waals surface area contributed by atoms with Crippen LogP contribution in [-0.4, -0.2) is 24.5 Å². The molecule has 0 atom stereocenters. The zero-order valence-corrected chi connectivity index (χ0v) is 15.6. The van der Waals surface area contributed by atoms with Crippen LogP contribution in [0.25, 0.3) is 0 Å². The van der Waals surface area contributed by atoms with E-state index in [2.05, 4.69) is 50.1 Å². The van der Waals surface area contributed by atoms with Crippen LogP contribution in [0.2, 0.25) is 0 Å². The molecule has 0 unspecified atom stereocenters. The lowest BCUT2D eigenvalue weighted by Gasteiger charge is -2.07. The minimum absolute atomic E-state index is 0.0230. The molecule has 0 aliphatic rings. The SMILES string of the molecule is CSCCCCCCNC(=O)c1cc(Br)ccc1I. The van der Waals surface area contributed by atoms with Crippen molar-refractivity contribution < 1.29 is 4.79 Å². The largest absolute Gasteiger partial charge is 0.352 e. The van der Waals surface area contributed by atoms with E-state index in [0.717, 1.165) is 26.6 Å². The highest BCUT2D eigenvalue weighted by Crippen LogP contribution is 2.18. The molecule has 2 nitrogen and oxygen atoms in total. The van der Waals surface area contributed by atoms with Crippen LogP contribution in [0.3, 0.4) is 0 Å². The Labute approximate surface area is 141 Å². The maximum absolute atomic E-state index is 12.0. The summed E-state index contributed by atoms with van der Waals surface area (Å²) < 4.78 is 1.92. The average molecular weight is 456 g/mol. The number of benzene rings is 1. The Hall–Kier alpha value is 0.250. The van der Waals surface area contributed by atoms with E-state index in [0.29, 0.717) is 0 Å². The lowest BCUT2D eigenvalue weighted by molar-refractivity contribution is 0.0952. The lowest BCUT2D eigenvalue weighted by atomic mass is 10.2. The fourth-order valence-corrected chi connectivity index (χ4v) is 3.13. The quantitative estimate of drug-likeness (QED) is 0.454. The predicted molar refractivity (Wildman–Crippen MR) is 96.0 cm³/mol. The molecule has 0 spiro atoms. The molecule has 0 aliphatic carbocycles. The fourth-order valence-electron chi connectivity index (χ4n) is 1.69. The molecule has 106 valence electrons. The standard InChI is InChI=1S/C14H19BrINOS/c1-19-9-5-3-2-4-8-17-14(18)12-10-11(15)6-7-13(12)16/h6-7,10H,2-5,8-9H2,1H3,(H,17,18). The van der Waals surface area contributed by atoms with Crippen LogP contribution in [-0.2, 0) is 0 Å². The molecule has 1 rings (SSSR count). The number of amides is 1. The fraction of sp³-hybridized carbons (Fsp3) is 0.500. The molecule has 0 bridgehead atoms. The van der Waals surface area contributed by atoms with Gasteiger partial charge in [-0.15, -0.1) is 0 Å². The van der Waals surface area contributed by atoms with Crippen molar-refractivity contribution >= 4 is 56.2 Å². The molecule has 0 heterocycles.